The zero-order chi connectivity index (χ0) is 10.1. The van der Waals surface area contributed by atoms with Gasteiger partial charge in [-0.05, 0) is 19.4 Å². The van der Waals surface area contributed by atoms with Crippen molar-refractivity contribution >= 4 is 0 Å². The third-order valence-corrected chi connectivity index (χ3v) is 2.45. The Balaban J connectivity index is 2.40. The van der Waals surface area contributed by atoms with E-state index < -0.39 is 17.5 Å². The van der Waals surface area contributed by atoms with E-state index in [1.807, 2.05) is 0 Å². The second kappa shape index (κ2) is 3.61. The van der Waals surface area contributed by atoms with Crippen LogP contribution in [-0.4, -0.2) is 6.54 Å². The minimum Gasteiger partial charge on any atom is -0.310 e. The lowest BCUT2D eigenvalue weighted by Crippen LogP contribution is -2.16. The predicted octanol–water partition coefficient (Wildman–Crippen LogP) is 2.53. The molecule has 1 heterocycles. The van der Waals surface area contributed by atoms with Gasteiger partial charge in [-0.25, -0.2) is 13.2 Å². The Morgan fingerprint density at radius 1 is 1.14 bits per heavy atom. The van der Waals surface area contributed by atoms with Crippen LogP contribution in [0.2, 0.25) is 0 Å². The molecular formula is C10H10F3N. The second-order valence-corrected chi connectivity index (χ2v) is 3.43. The average molecular weight is 201 g/mol. The Morgan fingerprint density at radius 3 is 2.29 bits per heavy atom. The number of rotatable bonds is 1. The Morgan fingerprint density at radius 2 is 1.79 bits per heavy atom. The highest BCUT2D eigenvalue weighted by atomic mass is 19.1. The standard InChI is InChI=1S/C10H10F3N/c11-6-4-7(12)10(8(13)5-6)9-2-1-3-14-9/h4-5,9,14H,1-3H2/t9-/m1/s1. The van der Waals surface area contributed by atoms with Crippen molar-refractivity contribution in [3.63, 3.8) is 0 Å². The maximum atomic E-state index is 13.2. The summed E-state index contributed by atoms with van der Waals surface area (Å²) >= 11 is 0. The molecule has 0 bridgehead atoms. The van der Waals surface area contributed by atoms with E-state index in [9.17, 15) is 13.2 Å². The fraction of sp³-hybridized carbons (Fsp3) is 0.400. The lowest BCUT2D eigenvalue weighted by Gasteiger charge is -2.12. The molecule has 1 aliphatic rings. The van der Waals surface area contributed by atoms with Gasteiger partial charge in [0.05, 0.1) is 0 Å². The van der Waals surface area contributed by atoms with Crippen LogP contribution in [-0.2, 0) is 0 Å². The molecule has 1 atom stereocenters. The Bertz CT molecular complexity index is 322. The topological polar surface area (TPSA) is 12.0 Å². The third-order valence-electron chi connectivity index (χ3n) is 2.45. The smallest absolute Gasteiger partial charge is 0.133 e. The van der Waals surface area contributed by atoms with Gasteiger partial charge in [0.2, 0.25) is 0 Å². The summed E-state index contributed by atoms with van der Waals surface area (Å²) in [6, 6.07) is 1.13. The van der Waals surface area contributed by atoms with Gasteiger partial charge in [0, 0.05) is 23.7 Å². The molecule has 4 heteroatoms. The van der Waals surface area contributed by atoms with E-state index >= 15 is 0 Å². The average Bonchev–Trinajstić information content (AvgIpc) is 2.54. The molecular weight excluding hydrogens is 191 g/mol. The van der Waals surface area contributed by atoms with Crippen LogP contribution >= 0.6 is 0 Å². The van der Waals surface area contributed by atoms with Crippen molar-refractivity contribution in [2.75, 3.05) is 6.54 Å². The van der Waals surface area contributed by atoms with Crippen LogP contribution in [0.15, 0.2) is 12.1 Å². The molecule has 0 aliphatic carbocycles. The molecule has 0 radical (unpaired) electrons. The van der Waals surface area contributed by atoms with Gasteiger partial charge in [-0.15, -0.1) is 0 Å². The molecule has 2 rings (SSSR count). The zero-order valence-corrected chi connectivity index (χ0v) is 7.49. The molecule has 0 saturated carbocycles. The van der Waals surface area contributed by atoms with E-state index in [1.54, 1.807) is 0 Å². The Kier molecular flexibility index (Phi) is 2.46. The van der Waals surface area contributed by atoms with Crippen molar-refractivity contribution in [3.8, 4) is 0 Å². The van der Waals surface area contributed by atoms with E-state index in [2.05, 4.69) is 5.32 Å². The first kappa shape index (κ1) is 9.52. The molecule has 0 spiro atoms. The maximum Gasteiger partial charge on any atom is 0.133 e. The van der Waals surface area contributed by atoms with Gasteiger partial charge >= 0.3 is 0 Å². The summed E-state index contributed by atoms with van der Waals surface area (Å²) in [6.07, 6.45) is 1.58. The van der Waals surface area contributed by atoms with Crippen LogP contribution in [0.5, 0.6) is 0 Å². The minimum absolute atomic E-state index is 0.0381. The van der Waals surface area contributed by atoms with Gasteiger partial charge in [-0.1, -0.05) is 0 Å². The number of halogens is 3. The molecule has 0 unspecified atom stereocenters. The molecule has 1 aliphatic heterocycles. The highest BCUT2D eigenvalue weighted by Gasteiger charge is 2.23. The van der Waals surface area contributed by atoms with Gasteiger partial charge < -0.3 is 5.32 Å². The van der Waals surface area contributed by atoms with Crippen LogP contribution in [0.3, 0.4) is 0 Å². The first-order valence-corrected chi connectivity index (χ1v) is 4.56. The van der Waals surface area contributed by atoms with Crippen molar-refractivity contribution < 1.29 is 13.2 Å². The van der Waals surface area contributed by atoms with Crippen LogP contribution < -0.4 is 5.32 Å². The summed E-state index contributed by atoms with van der Waals surface area (Å²) in [5.41, 5.74) is -0.0381. The minimum atomic E-state index is -0.873. The molecule has 1 saturated heterocycles. The monoisotopic (exact) mass is 201 g/mol. The summed E-state index contributed by atoms with van der Waals surface area (Å²) in [6.45, 7) is 0.751. The highest BCUT2D eigenvalue weighted by molar-refractivity contribution is 5.24. The van der Waals surface area contributed by atoms with Gasteiger partial charge in [-0.2, -0.15) is 0 Å². The van der Waals surface area contributed by atoms with Crippen LogP contribution in [0.25, 0.3) is 0 Å². The molecule has 1 nitrogen and oxygen atoms in total. The van der Waals surface area contributed by atoms with Crippen molar-refractivity contribution in [2.45, 2.75) is 18.9 Å². The molecule has 76 valence electrons. The highest BCUT2D eigenvalue weighted by Crippen LogP contribution is 2.28. The fourth-order valence-electron chi connectivity index (χ4n) is 1.82. The van der Waals surface area contributed by atoms with Crippen LogP contribution in [0.4, 0.5) is 13.2 Å². The third kappa shape index (κ3) is 1.62. The first-order chi connectivity index (χ1) is 6.68. The molecule has 1 aromatic carbocycles. The van der Waals surface area contributed by atoms with Gasteiger partial charge in [0.15, 0.2) is 0 Å². The Labute approximate surface area is 79.9 Å². The quantitative estimate of drug-likeness (QED) is 0.736. The van der Waals surface area contributed by atoms with Crippen molar-refractivity contribution in [2.24, 2.45) is 0 Å². The van der Waals surface area contributed by atoms with E-state index in [-0.39, 0.29) is 11.6 Å². The number of hydrogen-bond donors (Lipinski definition) is 1. The predicted molar refractivity (Wildman–Crippen MR) is 46.3 cm³/mol. The summed E-state index contributed by atoms with van der Waals surface area (Å²) in [7, 11) is 0. The number of hydrogen-bond acceptors (Lipinski definition) is 1. The van der Waals surface area contributed by atoms with Crippen molar-refractivity contribution in [1.82, 2.24) is 5.32 Å². The van der Waals surface area contributed by atoms with E-state index in [1.165, 1.54) is 0 Å². The summed E-state index contributed by atoms with van der Waals surface area (Å²) < 4.78 is 39.1. The van der Waals surface area contributed by atoms with Gasteiger partial charge in [0.25, 0.3) is 0 Å². The summed E-state index contributed by atoms with van der Waals surface area (Å²) in [5.74, 6) is -2.48. The second-order valence-electron chi connectivity index (χ2n) is 3.43. The molecule has 0 aromatic heterocycles. The summed E-state index contributed by atoms with van der Waals surface area (Å²) in [4.78, 5) is 0. The largest absolute Gasteiger partial charge is 0.310 e. The fourth-order valence-corrected chi connectivity index (χ4v) is 1.82. The van der Waals surface area contributed by atoms with Gasteiger partial charge in [-0.3, -0.25) is 0 Å². The SMILES string of the molecule is Fc1cc(F)c([C@H]2CCCN2)c(F)c1. The van der Waals surface area contributed by atoms with Crippen LogP contribution in [0, 0.1) is 17.5 Å². The van der Waals surface area contributed by atoms with Gasteiger partial charge in [0.1, 0.15) is 17.5 Å². The molecule has 1 fully saturated rings. The molecule has 1 N–H and O–H groups in total. The van der Waals surface area contributed by atoms with Crippen molar-refractivity contribution in [1.29, 1.82) is 0 Å². The molecule has 0 amide bonds. The zero-order valence-electron chi connectivity index (χ0n) is 7.49. The number of nitrogens with one attached hydrogen (secondary N) is 1. The normalized spacial score (nSPS) is 21.5. The maximum absolute atomic E-state index is 13.2. The Hall–Kier alpha value is -1.03. The molecule has 14 heavy (non-hydrogen) atoms. The van der Waals surface area contributed by atoms with Crippen molar-refractivity contribution in [3.05, 3.63) is 35.1 Å². The lowest BCUT2D eigenvalue weighted by molar-refractivity contribution is 0.489. The van der Waals surface area contributed by atoms with E-state index in [0.29, 0.717) is 6.42 Å². The lowest BCUT2D eigenvalue weighted by atomic mass is 10.0. The summed E-state index contributed by atoms with van der Waals surface area (Å²) in [5, 5.41) is 2.97. The van der Waals surface area contributed by atoms with E-state index in [4.69, 9.17) is 0 Å². The first-order valence-electron chi connectivity index (χ1n) is 4.56. The van der Waals surface area contributed by atoms with Crippen LogP contribution in [0.1, 0.15) is 24.4 Å². The van der Waals surface area contributed by atoms with E-state index in [0.717, 1.165) is 25.1 Å². The number of benzene rings is 1. The molecule has 1 aromatic rings.